The molecule has 0 aromatic carbocycles. The molecular weight excluding hydrogens is 356 g/mol. The third-order valence-corrected chi connectivity index (χ3v) is 3.62. The smallest absolute Gasteiger partial charge is 0.306 e. The van der Waals surface area contributed by atoms with E-state index in [-0.39, 0.29) is 43.9 Å². The predicted molar refractivity (Wildman–Crippen MR) is 99.6 cm³/mol. The van der Waals surface area contributed by atoms with Crippen molar-refractivity contribution in [3.63, 3.8) is 0 Å². The summed E-state index contributed by atoms with van der Waals surface area (Å²) in [6.07, 6.45) is 1.07. The van der Waals surface area contributed by atoms with E-state index in [1.54, 1.807) is 0 Å². The lowest BCUT2D eigenvalue weighted by atomic mass is 9.99. The summed E-state index contributed by atoms with van der Waals surface area (Å²) in [6.45, 7) is 10.1. The first kappa shape index (κ1) is 25.8. The summed E-state index contributed by atoms with van der Waals surface area (Å²) in [7, 11) is 0. The van der Waals surface area contributed by atoms with Crippen molar-refractivity contribution >= 4 is 11.9 Å². The van der Waals surface area contributed by atoms with Crippen LogP contribution in [-0.2, 0) is 38.0 Å². The Kier molecular flexibility index (Phi) is 18.7. The van der Waals surface area contributed by atoms with Crippen molar-refractivity contribution in [2.75, 3.05) is 66.1 Å². The van der Waals surface area contributed by atoms with Gasteiger partial charge in [-0.3, -0.25) is 9.59 Å². The van der Waals surface area contributed by atoms with E-state index in [9.17, 15) is 9.59 Å². The molecule has 0 radical (unpaired) electrons. The number of carbonyl (C=O) groups excluding carboxylic acids is 2. The maximum absolute atomic E-state index is 11.8. The van der Waals surface area contributed by atoms with Crippen LogP contribution in [0.1, 0.15) is 40.0 Å². The summed E-state index contributed by atoms with van der Waals surface area (Å²) in [5.41, 5.74) is 0. The Balaban J connectivity index is 3.70. The maximum atomic E-state index is 11.8. The first-order chi connectivity index (χ1) is 13.1. The predicted octanol–water partition coefficient (Wildman–Crippen LogP) is 1.99. The Morgan fingerprint density at radius 3 is 1.33 bits per heavy atom. The molecular formula is C19H36O8. The average Bonchev–Trinajstić information content (AvgIpc) is 2.66. The largest absolute Gasteiger partial charge is 0.463 e. The molecule has 0 N–H and O–H groups in total. The van der Waals surface area contributed by atoms with Crippen molar-refractivity contribution in [2.45, 2.75) is 40.0 Å². The fourth-order valence-corrected chi connectivity index (χ4v) is 2.11. The van der Waals surface area contributed by atoms with Crippen molar-refractivity contribution in [3.8, 4) is 0 Å². The molecule has 0 atom stereocenters. The molecule has 8 nitrogen and oxygen atoms in total. The number of hydrogen-bond donors (Lipinski definition) is 0. The van der Waals surface area contributed by atoms with Gasteiger partial charge in [-0.25, -0.2) is 0 Å². The minimum atomic E-state index is -0.331. The Morgan fingerprint density at radius 2 is 0.963 bits per heavy atom. The fraction of sp³-hybridized carbons (Fsp3) is 0.895. The van der Waals surface area contributed by atoms with Crippen molar-refractivity contribution < 1.29 is 38.0 Å². The second-order valence-corrected chi connectivity index (χ2v) is 5.74. The van der Waals surface area contributed by atoms with Gasteiger partial charge in [0.1, 0.15) is 13.2 Å². The first-order valence-corrected chi connectivity index (χ1v) is 9.76. The molecule has 0 aliphatic carbocycles. The number of carbonyl (C=O) groups is 2. The van der Waals surface area contributed by atoms with Crippen LogP contribution in [0.5, 0.6) is 0 Å². The van der Waals surface area contributed by atoms with Crippen LogP contribution in [0.3, 0.4) is 0 Å². The lowest BCUT2D eigenvalue weighted by Crippen LogP contribution is -2.19. The Labute approximate surface area is 162 Å². The Bertz CT molecular complexity index is 330. The lowest BCUT2D eigenvalue weighted by Gasteiger charge is -2.14. The van der Waals surface area contributed by atoms with Crippen LogP contribution in [0.15, 0.2) is 0 Å². The van der Waals surface area contributed by atoms with Gasteiger partial charge >= 0.3 is 11.9 Å². The second kappa shape index (κ2) is 19.5. The highest BCUT2D eigenvalue weighted by Gasteiger charge is 2.18. The number of hydrogen-bond acceptors (Lipinski definition) is 8. The van der Waals surface area contributed by atoms with Crippen molar-refractivity contribution in [1.29, 1.82) is 0 Å². The molecule has 0 unspecified atom stereocenters. The van der Waals surface area contributed by atoms with Crippen molar-refractivity contribution in [1.82, 2.24) is 0 Å². The van der Waals surface area contributed by atoms with E-state index in [2.05, 4.69) is 0 Å². The zero-order valence-corrected chi connectivity index (χ0v) is 17.0. The molecule has 0 amide bonds. The quantitative estimate of drug-likeness (QED) is 0.244. The first-order valence-electron chi connectivity index (χ1n) is 9.76. The van der Waals surface area contributed by atoms with Crippen LogP contribution < -0.4 is 0 Å². The number of rotatable bonds is 19. The van der Waals surface area contributed by atoms with E-state index in [4.69, 9.17) is 28.4 Å². The van der Waals surface area contributed by atoms with Crippen LogP contribution in [0.4, 0.5) is 0 Å². The molecule has 0 spiro atoms. The highest BCUT2D eigenvalue weighted by atomic mass is 16.6. The summed E-state index contributed by atoms with van der Waals surface area (Å²) in [4.78, 5) is 23.7. The summed E-state index contributed by atoms with van der Waals surface area (Å²) in [5.74, 6) is -0.757. The van der Waals surface area contributed by atoms with E-state index in [0.717, 1.165) is 0 Å². The summed E-state index contributed by atoms with van der Waals surface area (Å²) >= 11 is 0. The molecule has 0 heterocycles. The molecule has 0 bridgehead atoms. The topological polar surface area (TPSA) is 89.5 Å². The van der Waals surface area contributed by atoms with Gasteiger partial charge in [-0.05, 0) is 19.8 Å². The van der Waals surface area contributed by atoms with Gasteiger partial charge in [-0.15, -0.1) is 0 Å². The summed E-state index contributed by atoms with van der Waals surface area (Å²) < 4.78 is 31.0. The molecule has 0 fully saturated rings. The zero-order valence-electron chi connectivity index (χ0n) is 17.0. The molecule has 160 valence electrons. The molecule has 0 aromatic heterocycles. The van der Waals surface area contributed by atoms with Crippen molar-refractivity contribution in [3.05, 3.63) is 0 Å². The minimum absolute atomic E-state index is 0.0947. The molecule has 0 aromatic rings. The monoisotopic (exact) mass is 392 g/mol. The number of ether oxygens (including phenoxy) is 6. The Morgan fingerprint density at radius 1 is 0.593 bits per heavy atom. The minimum Gasteiger partial charge on any atom is -0.463 e. The SMILES string of the molecule is CCOCCOCCOC(=O)CC(CC)CC(=O)OCCOCCOCC. The maximum Gasteiger partial charge on any atom is 0.306 e. The fourth-order valence-electron chi connectivity index (χ4n) is 2.11. The van der Waals surface area contributed by atoms with Crippen LogP contribution in [-0.4, -0.2) is 78.0 Å². The molecule has 0 aliphatic rings. The number of esters is 2. The third-order valence-electron chi connectivity index (χ3n) is 3.62. The summed E-state index contributed by atoms with van der Waals surface area (Å²) in [5, 5.41) is 0. The average molecular weight is 392 g/mol. The van der Waals surface area contributed by atoms with E-state index in [1.807, 2.05) is 20.8 Å². The van der Waals surface area contributed by atoms with Crippen LogP contribution in [0.2, 0.25) is 0 Å². The van der Waals surface area contributed by atoms with E-state index >= 15 is 0 Å². The van der Waals surface area contributed by atoms with Gasteiger partial charge in [-0.1, -0.05) is 13.3 Å². The third kappa shape index (κ3) is 17.9. The van der Waals surface area contributed by atoms with Crippen LogP contribution >= 0.6 is 0 Å². The van der Waals surface area contributed by atoms with Gasteiger partial charge in [0.2, 0.25) is 0 Å². The van der Waals surface area contributed by atoms with Gasteiger partial charge in [0.25, 0.3) is 0 Å². The zero-order chi connectivity index (χ0) is 20.2. The van der Waals surface area contributed by atoms with Gasteiger partial charge in [0.05, 0.1) is 39.6 Å². The van der Waals surface area contributed by atoms with Gasteiger partial charge in [-0.2, -0.15) is 0 Å². The van der Waals surface area contributed by atoms with E-state index in [1.165, 1.54) is 0 Å². The standard InChI is InChI=1S/C19H36O8/c1-4-17(15-18(20)26-13-11-24-9-7-22-5-2)16-19(21)27-14-12-25-10-8-23-6-3/h17H,4-16H2,1-3H3. The molecule has 0 saturated heterocycles. The van der Waals surface area contributed by atoms with Gasteiger partial charge in [0, 0.05) is 26.1 Å². The van der Waals surface area contributed by atoms with E-state index < -0.39 is 0 Å². The molecule has 0 saturated carbocycles. The van der Waals surface area contributed by atoms with E-state index in [0.29, 0.717) is 59.3 Å². The molecule has 8 heteroatoms. The van der Waals surface area contributed by atoms with Crippen LogP contribution in [0, 0.1) is 5.92 Å². The normalized spacial score (nSPS) is 11.0. The Hall–Kier alpha value is -1.22. The van der Waals surface area contributed by atoms with Gasteiger partial charge < -0.3 is 28.4 Å². The lowest BCUT2D eigenvalue weighted by molar-refractivity contribution is -0.149. The van der Waals surface area contributed by atoms with Crippen LogP contribution in [0.25, 0.3) is 0 Å². The van der Waals surface area contributed by atoms with Gasteiger partial charge in [0.15, 0.2) is 0 Å². The highest BCUT2D eigenvalue weighted by Crippen LogP contribution is 2.15. The molecule has 0 rings (SSSR count). The summed E-state index contributed by atoms with van der Waals surface area (Å²) in [6, 6.07) is 0. The second-order valence-electron chi connectivity index (χ2n) is 5.74. The molecule has 27 heavy (non-hydrogen) atoms. The highest BCUT2D eigenvalue weighted by molar-refractivity contribution is 5.73. The molecule has 0 aliphatic heterocycles. The van der Waals surface area contributed by atoms with Crippen molar-refractivity contribution in [2.24, 2.45) is 5.92 Å².